The second-order valence-electron chi connectivity index (χ2n) is 7.66. The van der Waals surface area contributed by atoms with E-state index in [4.69, 9.17) is 4.74 Å². The summed E-state index contributed by atoms with van der Waals surface area (Å²) in [6.45, 7) is 8.33. The molecule has 1 N–H and O–H groups in total. The third kappa shape index (κ3) is 6.23. The third-order valence-electron chi connectivity index (χ3n) is 4.23. The van der Waals surface area contributed by atoms with Crippen molar-refractivity contribution in [3.05, 3.63) is 29.6 Å². The number of aryl methyl sites for hydroxylation is 1. The van der Waals surface area contributed by atoms with Crippen molar-refractivity contribution in [2.75, 3.05) is 0 Å². The topological polar surface area (TPSA) is 38.3 Å². The molecule has 1 aromatic carbocycles. The minimum absolute atomic E-state index is 0.151. The molecule has 0 heterocycles. The molecule has 1 aliphatic carbocycles. The molecule has 0 aromatic heterocycles. The summed E-state index contributed by atoms with van der Waals surface area (Å²) < 4.78 is 19.7. The molecule has 3 nitrogen and oxygen atoms in total. The lowest BCUT2D eigenvalue weighted by Gasteiger charge is -2.37. The first-order chi connectivity index (χ1) is 11.3. The molecule has 1 aromatic rings. The fraction of sp³-hybridized carbons (Fsp3) is 0.650. The number of hydrogen-bond donors (Lipinski definition) is 1. The number of hydrogen-bond acceptors (Lipinski definition) is 3. The van der Waals surface area contributed by atoms with E-state index in [1.165, 1.54) is 12.1 Å². The van der Waals surface area contributed by atoms with E-state index in [9.17, 15) is 9.18 Å². The highest BCUT2D eigenvalue weighted by Gasteiger charge is 2.31. The summed E-state index contributed by atoms with van der Waals surface area (Å²) in [6.07, 6.45) is 3.68. The number of rotatable bonds is 9. The summed E-state index contributed by atoms with van der Waals surface area (Å²) in [5.74, 6) is 0.887. The summed E-state index contributed by atoms with van der Waals surface area (Å²) >= 11 is 0. The molecule has 0 spiro atoms. The number of carbonyl (C=O) groups excluding carboxylic acids is 1. The fourth-order valence-corrected chi connectivity index (χ4v) is 3.14. The van der Waals surface area contributed by atoms with Crippen LogP contribution in [0.1, 0.15) is 58.9 Å². The molecule has 2 rings (SSSR count). The normalized spacial score (nSPS) is 20.3. The highest BCUT2D eigenvalue weighted by atomic mass is 19.1. The smallest absolute Gasteiger partial charge is 0.133 e. The summed E-state index contributed by atoms with van der Waals surface area (Å²) in [5.41, 5.74) is 0.832. The number of halogens is 1. The molecule has 0 amide bonds. The molecule has 1 fully saturated rings. The molecule has 24 heavy (non-hydrogen) atoms. The zero-order chi connectivity index (χ0) is 17.7. The first-order valence-corrected chi connectivity index (χ1v) is 9.05. The maximum atomic E-state index is 13.8. The van der Waals surface area contributed by atoms with Gasteiger partial charge in [0.05, 0.1) is 0 Å². The van der Waals surface area contributed by atoms with Gasteiger partial charge in [0.2, 0.25) is 0 Å². The van der Waals surface area contributed by atoms with Gasteiger partial charge in [-0.3, -0.25) is 4.79 Å². The van der Waals surface area contributed by atoms with Gasteiger partial charge in [0.25, 0.3) is 0 Å². The lowest BCUT2D eigenvalue weighted by Crippen LogP contribution is -2.49. The van der Waals surface area contributed by atoms with Gasteiger partial charge >= 0.3 is 0 Å². The maximum absolute atomic E-state index is 13.8. The summed E-state index contributed by atoms with van der Waals surface area (Å²) in [6, 6.07) is 5.77. The Morgan fingerprint density at radius 3 is 2.58 bits per heavy atom. The van der Waals surface area contributed by atoms with Crippen molar-refractivity contribution in [1.82, 2.24) is 5.32 Å². The Labute approximate surface area is 145 Å². The minimum Gasteiger partial charge on any atom is -0.490 e. The molecule has 0 unspecified atom stereocenters. The van der Waals surface area contributed by atoms with Gasteiger partial charge in [-0.1, -0.05) is 27.7 Å². The van der Waals surface area contributed by atoms with Crippen LogP contribution in [0.4, 0.5) is 4.39 Å². The van der Waals surface area contributed by atoms with E-state index in [0.717, 1.165) is 18.4 Å². The molecule has 4 heteroatoms. The second-order valence-corrected chi connectivity index (χ2v) is 7.66. The zero-order valence-corrected chi connectivity index (χ0v) is 15.3. The van der Waals surface area contributed by atoms with Gasteiger partial charge < -0.3 is 10.1 Å². The number of benzene rings is 1. The molecule has 1 saturated carbocycles. The van der Waals surface area contributed by atoms with Crippen LogP contribution in [-0.4, -0.2) is 24.0 Å². The lowest BCUT2D eigenvalue weighted by atomic mass is 9.88. The SMILES string of the molecule is CC(C)CC(=O)CCc1cc(F)cc(OC2CC(NC(C)C)C2)c1. The van der Waals surface area contributed by atoms with Crippen LogP contribution >= 0.6 is 0 Å². The fourth-order valence-electron chi connectivity index (χ4n) is 3.14. The number of carbonyl (C=O) groups is 1. The quantitative estimate of drug-likeness (QED) is 0.732. The van der Waals surface area contributed by atoms with Gasteiger partial charge in [0.1, 0.15) is 23.5 Å². The summed E-state index contributed by atoms with van der Waals surface area (Å²) in [7, 11) is 0. The van der Waals surface area contributed by atoms with Gasteiger partial charge in [-0.2, -0.15) is 0 Å². The average Bonchev–Trinajstić information content (AvgIpc) is 2.41. The van der Waals surface area contributed by atoms with E-state index in [2.05, 4.69) is 19.2 Å². The van der Waals surface area contributed by atoms with Crippen LogP contribution in [0.3, 0.4) is 0 Å². The molecule has 0 radical (unpaired) electrons. The van der Waals surface area contributed by atoms with Crippen molar-refractivity contribution < 1.29 is 13.9 Å². The highest BCUT2D eigenvalue weighted by Crippen LogP contribution is 2.28. The molecule has 1 aliphatic rings. The predicted octanol–water partition coefficient (Wildman–Crippen LogP) is 4.28. The number of nitrogens with one attached hydrogen (secondary N) is 1. The van der Waals surface area contributed by atoms with E-state index in [1.54, 1.807) is 0 Å². The molecular weight excluding hydrogens is 305 g/mol. The Hall–Kier alpha value is -1.42. The Balaban J connectivity index is 1.84. The van der Waals surface area contributed by atoms with Crippen LogP contribution in [0, 0.1) is 11.7 Å². The van der Waals surface area contributed by atoms with Crippen molar-refractivity contribution in [2.24, 2.45) is 5.92 Å². The van der Waals surface area contributed by atoms with Crippen LogP contribution in [0.15, 0.2) is 18.2 Å². The van der Waals surface area contributed by atoms with Crippen LogP contribution in [0.2, 0.25) is 0 Å². The van der Waals surface area contributed by atoms with Crippen LogP contribution in [0.5, 0.6) is 5.75 Å². The molecule has 0 aliphatic heterocycles. The summed E-state index contributed by atoms with van der Waals surface area (Å²) in [5, 5.41) is 3.47. The Kier molecular flexibility index (Phi) is 6.79. The Morgan fingerprint density at radius 2 is 1.96 bits per heavy atom. The largest absolute Gasteiger partial charge is 0.490 e. The number of ether oxygens (including phenoxy) is 1. The van der Waals surface area contributed by atoms with Crippen molar-refractivity contribution in [3.63, 3.8) is 0 Å². The van der Waals surface area contributed by atoms with E-state index >= 15 is 0 Å². The standard InChI is InChI=1S/C20H30FNO2/c1-13(2)7-18(23)6-5-15-8-16(21)10-19(9-15)24-20-11-17(12-20)22-14(3)4/h8-10,13-14,17,20,22H,5-7,11-12H2,1-4H3. The van der Waals surface area contributed by atoms with Crippen LogP contribution in [-0.2, 0) is 11.2 Å². The molecule has 0 bridgehead atoms. The van der Waals surface area contributed by atoms with Crippen LogP contribution < -0.4 is 10.1 Å². The first-order valence-electron chi connectivity index (χ1n) is 9.05. The van der Waals surface area contributed by atoms with Gasteiger partial charge in [-0.05, 0) is 42.9 Å². The average molecular weight is 335 g/mol. The number of ketones is 1. The summed E-state index contributed by atoms with van der Waals surface area (Å²) in [4.78, 5) is 11.8. The lowest BCUT2D eigenvalue weighted by molar-refractivity contribution is -0.119. The van der Waals surface area contributed by atoms with E-state index in [-0.39, 0.29) is 17.7 Å². The van der Waals surface area contributed by atoms with Crippen molar-refractivity contribution >= 4 is 5.78 Å². The van der Waals surface area contributed by atoms with Gasteiger partial charge in [0, 0.05) is 31.0 Å². The van der Waals surface area contributed by atoms with Crippen molar-refractivity contribution in [1.29, 1.82) is 0 Å². The van der Waals surface area contributed by atoms with Gasteiger partial charge in [-0.15, -0.1) is 0 Å². The number of Topliss-reactive ketones (excluding diaryl/α,β-unsaturated/α-hetero) is 1. The maximum Gasteiger partial charge on any atom is 0.133 e. The highest BCUT2D eigenvalue weighted by molar-refractivity contribution is 5.78. The van der Waals surface area contributed by atoms with E-state index in [0.29, 0.717) is 43.0 Å². The van der Waals surface area contributed by atoms with E-state index < -0.39 is 0 Å². The monoisotopic (exact) mass is 335 g/mol. The second kappa shape index (κ2) is 8.61. The Morgan fingerprint density at radius 1 is 1.25 bits per heavy atom. The first kappa shape index (κ1) is 18.9. The van der Waals surface area contributed by atoms with Gasteiger partial charge in [-0.25, -0.2) is 4.39 Å². The van der Waals surface area contributed by atoms with Gasteiger partial charge in [0.15, 0.2) is 0 Å². The predicted molar refractivity (Wildman–Crippen MR) is 94.9 cm³/mol. The molecule has 134 valence electrons. The zero-order valence-electron chi connectivity index (χ0n) is 15.3. The molecule has 0 atom stereocenters. The third-order valence-corrected chi connectivity index (χ3v) is 4.23. The molecule has 0 saturated heterocycles. The minimum atomic E-state index is -0.296. The van der Waals surface area contributed by atoms with Crippen molar-refractivity contribution in [3.8, 4) is 5.75 Å². The molecular formula is C20H30FNO2. The van der Waals surface area contributed by atoms with Crippen LogP contribution in [0.25, 0.3) is 0 Å². The Bertz CT molecular complexity index is 551. The van der Waals surface area contributed by atoms with E-state index in [1.807, 2.05) is 19.9 Å². The van der Waals surface area contributed by atoms with Crippen molar-refractivity contribution in [2.45, 2.75) is 78.0 Å².